The lowest BCUT2D eigenvalue weighted by molar-refractivity contribution is -0.192. The molecule has 5 N–H and O–H groups in total. The molecule has 1 rings (SSSR count). The van der Waals surface area contributed by atoms with E-state index in [9.17, 15) is 18.3 Å². The number of alkyl halides is 3. The monoisotopic (exact) mass is 244 g/mol. The number of carbonyl (C=O) groups is 1. The van der Waals surface area contributed by atoms with Crippen LogP contribution in [0.4, 0.5) is 13.2 Å². The number of hydrogen-bond donors (Lipinski definition) is 4. The number of hydrogen-bond acceptors (Lipinski definition) is 4. The summed E-state index contributed by atoms with van der Waals surface area (Å²) in [6.45, 7) is 2.62. The quantitative estimate of drug-likeness (QED) is 0.488. The number of carboxylic acids is 1. The van der Waals surface area contributed by atoms with Crippen LogP contribution in [-0.2, 0) is 4.79 Å². The Bertz CT molecular complexity index is 232. The highest BCUT2D eigenvalue weighted by Gasteiger charge is 2.38. The second kappa shape index (κ2) is 5.46. The molecular weight excluding hydrogens is 229 g/mol. The van der Waals surface area contributed by atoms with Gasteiger partial charge < -0.3 is 21.3 Å². The molecular formula is C8H15F3N2O3. The molecule has 16 heavy (non-hydrogen) atoms. The fourth-order valence-electron chi connectivity index (χ4n) is 1.18. The lowest BCUT2D eigenvalue weighted by atomic mass is 10.1. The van der Waals surface area contributed by atoms with Gasteiger partial charge in [-0.3, -0.25) is 0 Å². The Kier molecular flexibility index (Phi) is 5.17. The second-order valence-electron chi connectivity index (χ2n) is 3.68. The molecule has 1 unspecified atom stereocenters. The van der Waals surface area contributed by atoms with E-state index in [1.807, 2.05) is 0 Å². The summed E-state index contributed by atoms with van der Waals surface area (Å²) in [7, 11) is 0. The van der Waals surface area contributed by atoms with E-state index in [1.165, 1.54) is 0 Å². The van der Waals surface area contributed by atoms with Gasteiger partial charge >= 0.3 is 12.1 Å². The van der Waals surface area contributed by atoms with Crippen LogP contribution in [0, 0.1) is 0 Å². The number of nitrogens with one attached hydrogen (secondary N) is 1. The van der Waals surface area contributed by atoms with Gasteiger partial charge in [0.15, 0.2) is 0 Å². The Labute approximate surface area is 90.4 Å². The first-order valence-electron chi connectivity index (χ1n) is 4.60. The van der Waals surface area contributed by atoms with Crippen LogP contribution in [0.15, 0.2) is 0 Å². The molecule has 1 aliphatic rings. The Morgan fingerprint density at radius 2 is 1.94 bits per heavy atom. The van der Waals surface area contributed by atoms with Crippen molar-refractivity contribution in [1.29, 1.82) is 0 Å². The van der Waals surface area contributed by atoms with Gasteiger partial charge in [0.25, 0.3) is 0 Å². The Balaban J connectivity index is 0.000000293. The highest BCUT2D eigenvalue weighted by molar-refractivity contribution is 5.73. The fourth-order valence-corrected chi connectivity index (χ4v) is 1.18. The van der Waals surface area contributed by atoms with E-state index in [0.717, 1.165) is 19.4 Å². The summed E-state index contributed by atoms with van der Waals surface area (Å²) < 4.78 is 31.7. The Morgan fingerprint density at radius 3 is 2.06 bits per heavy atom. The molecule has 0 aromatic carbocycles. The maximum atomic E-state index is 10.6. The SMILES string of the molecule is CC(N)(O)[C@H]1CCCN1.O=C(O)C(F)(F)F. The van der Waals surface area contributed by atoms with Gasteiger partial charge in [-0.05, 0) is 26.3 Å². The molecule has 96 valence electrons. The summed E-state index contributed by atoms with van der Waals surface area (Å²) in [5.41, 5.74) is 4.40. The van der Waals surface area contributed by atoms with Gasteiger partial charge in [-0.15, -0.1) is 0 Å². The molecule has 2 atom stereocenters. The van der Waals surface area contributed by atoms with Gasteiger partial charge in [0.05, 0.1) is 0 Å². The van der Waals surface area contributed by atoms with Crippen molar-refractivity contribution in [1.82, 2.24) is 5.32 Å². The molecule has 0 radical (unpaired) electrons. The van der Waals surface area contributed by atoms with E-state index >= 15 is 0 Å². The molecule has 8 heteroatoms. The standard InChI is InChI=1S/C6H14N2O.C2HF3O2/c1-6(7,9)5-3-2-4-8-5;3-2(4,5)1(6)7/h5,8-9H,2-4,7H2,1H3;(H,6,7)/t5-,6?;/m1./s1. The average Bonchev–Trinajstić information content (AvgIpc) is 2.52. The van der Waals surface area contributed by atoms with Crippen molar-refractivity contribution in [3.63, 3.8) is 0 Å². The van der Waals surface area contributed by atoms with Crippen LogP contribution < -0.4 is 11.1 Å². The molecule has 0 aromatic rings. The highest BCUT2D eigenvalue weighted by atomic mass is 19.4. The minimum atomic E-state index is -5.08. The van der Waals surface area contributed by atoms with Crippen molar-refractivity contribution in [2.75, 3.05) is 6.54 Å². The lowest BCUT2D eigenvalue weighted by Gasteiger charge is -2.24. The highest BCUT2D eigenvalue weighted by Crippen LogP contribution is 2.13. The second-order valence-corrected chi connectivity index (χ2v) is 3.68. The van der Waals surface area contributed by atoms with Crippen LogP contribution in [0.3, 0.4) is 0 Å². The number of aliphatic hydroxyl groups is 1. The molecule has 1 aliphatic heterocycles. The molecule has 0 saturated carbocycles. The molecule has 1 saturated heterocycles. The summed E-state index contributed by atoms with van der Waals surface area (Å²) in [4.78, 5) is 8.90. The van der Waals surface area contributed by atoms with Crippen molar-refractivity contribution in [2.24, 2.45) is 5.73 Å². The largest absolute Gasteiger partial charge is 0.490 e. The van der Waals surface area contributed by atoms with E-state index in [0.29, 0.717) is 0 Å². The molecule has 1 heterocycles. The smallest absolute Gasteiger partial charge is 0.475 e. The predicted octanol–water partition coefficient (Wildman–Crippen LogP) is 0.0389. The number of rotatable bonds is 1. The minimum Gasteiger partial charge on any atom is -0.475 e. The molecule has 5 nitrogen and oxygen atoms in total. The van der Waals surface area contributed by atoms with Crippen molar-refractivity contribution in [2.45, 2.75) is 37.7 Å². The zero-order valence-electron chi connectivity index (χ0n) is 8.71. The summed E-state index contributed by atoms with van der Waals surface area (Å²) in [6, 6.07) is 0.0949. The first-order chi connectivity index (χ1) is 7.05. The topological polar surface area (TPSA) is 95.6 Å². The van der Waals surface area contributed by atoms with Crippen molar-refractivity contribution >= 4 is 5.97 Å². The molecule has 1 fully saturated rings. The zero-order valence-corrected chi connectivity index (χ0v) is 8.71. The van der Waals surface area contributed by atoms with E-state index in [2.05, 4.69) is 5.32 Å². The van der Waals surface area contributed by atoms with E-state index in [1.54, 1.807) is 6.92 Å². The van der Waals surface area contributed by atoms with Gasteiger partial charge in [-0.25, -0.2) is 4.79 Å². The van der Waals surface area contributed by atoms with E-state index in [4.69, 9.17) is 15.6 Å². The summed E-state index contributed by atoms with van der Waals surface area (Å²) in [5, 5.41) is 19.5. The first kappa shape index (κ1) is 15.1. The van der Waals surface area contributed by atoms with Crippen molar-refractivity contribution in [3.8, 4) is 0 Å². The summed E-state index contributed by atoms with van der Waals surface area (Å²) in [5.74, 6) is -2.76. The number of nitrogens with two attached hydrogens (primary N) is 1. The third kappa shape index (κ3) is 5.89. The van der Waals surface area contributed by atoms with Gasteiger partial charge in [-0.1, -0.05) is 0 Å². The van der Waals surface area contributed by atoms with Crippen LogP contribution in [0.5, 0.6) is 0 Å². The fraction of sp³-hybridized carbons (Fsp3) is 0.875. The van der Waals surface area contributed by atoms with Gasteiger partial charge in [0, 0.05) is 6.04 Å². The minimum absolute atomic E-state index is 0.0949. The Hall–Kier alpha value is -0.860. The van der Waals surface area contributed by atoms with Crippen LogP contribution in [0.1, 0.15) is 19.8 Å². The average molecular weight is 244 g/mol. The van der Waals surface area contributed by atoms with Gasteiger partial charge in [0.2, 0.25) is 0 Å². The maximum Gasteiger partial charge on any atom is 0.490 e. The normalized spacial score (nSPS) is 24.2. The first-order valence-corrected chi connectivity index (χ1v) is 4.60. The van der Waals surface area contributed by atoms with Crippen LogP contribution in [0.25, 0.3) is 0 Å². The molecule has 0 spiro atoms. The van der Waals surface area contributed by atoms with Crippen molar-refractivity contribution in [3.05, 3.63) is 0 Å². The third-order valence-corrected chi connectivity index (χ3v) is 2.01. The van der Waals surface area contributed by atoms with Gasteiger partial charge in [0.1, 0.15) is 5.72 Å². The number of aliphatic carboxylic acids is 1. The third-order valence-electron chi connectivity index (χ3n) is 2.01. The van der Waals surface area contributed by atoms with Crippen molar-refractivity contribution < 1.29 is 28.2 Å². The van der Waals surface area contributed by atoms with E-state index < -0.39 is 17.9 Å². The molecule has 0 bridgehead atoms. The summed E-state index contributed by atoms with van der Waals surface area (Å²) in [6.07, 6.45) is -2.97. The zero-order chi connectivity index (χ0) is 13.0. The molecule has 0 amide bonds. The summed E-state index contributed by atoms with van der Waals surface area (Å²) >= 11 is 0. The van der Waals surface area contributed by atoms with Crippen LogP contribution in [0.2, 0.25) is 0 Å². The van der Waals surface area contributed by atoms with Crippen LogP contribution in [-0.4, -0.2) is 40.7 Å². The number of carboxylic acid groups (broad SMARTS) is 1. The van der Waals surface area contributed by atoms with E-state index in [-0.39, 0.29) is 6.04 Å². The van der Waals surface area contributed by atoms with Crippen LogP contribution >= 0.6 is 0 Å². The number of halogens is 3. The Morgan fingerprint density at radius 1 is 1.50 bits per heavy atom. The molecule has 0 aliphatic carbocycles. The predicted molar refractivity (Wildman–Crippen MR) is 49.5 cm³/mol. The van der Waals surface area contributed by atoms with Gasteiger partial charge in [-0.2, -0.15) is 13.2 Å². The maximum absolute atomic E-state index is 10.6. The lowest BCUT2D eigenvalue weighted by Crippen LogP contribution is -2.52. The molecule has 0 aromatic heterocycles.